The van der Waals surface area contributed by atoms with E-state index in [2.05, 4.69) is 187 Å². The van der Waals surface area contributed by atoms with Crippen molar-refractivity contribution in [3.63, 3.8) is 0 Å². The van der Waals surface area contributed by atoms with Crippen molar-refractivity contribution < 1.29 is 0 Å². The highest BCUT2D eigenvalue weighted by molar-refractivity contribution is 6.24. The lowest BCUT2D eigenvalue weighted by Gasteiger charge is -2.20. The Hall–Kier alpha value is -6.51. The molecule has 0 aliphatic rings. The summed E-state index contributed by atoms with van der Waals surface area (Å²) in [5.74, 6) is 1.07. The van der Waals surface area contributed by atoms with E-state index in [9.17, 15) is 0 Å². The number of hydrogen-bond donors (Lipinski definition) is 0. The number of fused-ring (bicyclic) bond motifs is 5. The summed E-state index contributed by atoms with van der Waals surface area (Å²) < 4.78 is 2.30. The SMILES string of the molecule is CCc1nc2ccccc2n1-c1ccc(-c2c3ccccc3c(-c3cccc4ccccc34)c3ccc(-c4cccc5ccccc45)cc23)cc1. The average Bonchev–Trinajstić information content (AvgIpc) is 3.58. The number of aromatic nitrogens is 2. The zero-order valence-electron chi connectivity index (χ0n) is 28.3. The molecule has 0 N–H and O–H groups in total. The predicted octanol–water partition coefficient (Wildman–Crippen LogP) is 13.2. The van der Waals surface area contributed by atoms with Gasteiger partial charge in [0, 0.05) is 12.1 Å². The van der Waals surface area contributed by atoms with Gasteiger partial charge in [-0.1, -0.05) is 153 Å². The molecule has 51 heavy (non-hydrogen) atoms. The Morgan fingerprint density at radius 2 is 0.980 bits per heavy atom. The number of aryl methyl sites for hydroxylation is 1. The smallest absolute Gasteiger partial charge is 0.114 e. The Morgan fingerprint density at radius 1 is 0.431 bits per heavy atom. The van der Waals surface area contributed by atoms with Gasteiger partial charge in [-0.2, -0.15) is 0 Å². The minimum absolute atomic E-state index is 0.859. The summed E-state index contributed by atoms with van der Waals surface area (Å²) in [6.45, 7) is 2.18. The molecule has 9 aromatic carbocycles. The van der Waals surface area contributed by atoms with Gasteiger partial charge in [0.05, 0.1) is 11.0 Å². The summed E-state index contributed by atoms with van der Waals surface area (Å²) in [4.78, 5) is 4.95. The van der Waals surface area contributed by atoms with E-state index in [0.29, 0.717) is 0 Å². The fourth-order valence-electron chi connectivity index (χ4n) is 8.25. The minimum atomic E-state index is 0.859. The van der Waals surface area contributed by atoms with Crippen LogP contribution in [0.1, 0.15) is 12.7 Å². The van der Waals surface area contributed by atoms with E-state index < -0.39 is 0 Å². The molecule has 0 unspecified atom stereocenters. The fourth-order valence-corrected chi connectivity index (χ4v) is 8.25. The highest BCUT2D eigenvalue weighted by Gasteiger charge is 2.20. The maximum absolute atomic E-state index is 4.95. The molecule has 0 saturated carbocycles. The third-order valence-electron chi connectivity index (χ3n) is 10.5. The summed E-state index contributed by atoms with van der Waals surface area (Å²) in [6, 6.07) is 64.4. The molecule has 1 aromatic heterocycles. The van der Waals surface area contributed by atoms with E-state index in [-0.39, 0.29) is 0 Å². The number of hydrogen-bond acceptors (Lipinski definition) is 1. The van der Waals surface area contributed by atoms with E-state index in [0.717, 1.165) is 29.0 Å². The van der Waals surface area contributed by atoms with Gasteiger partial charge in [0.1, 0.15) is 5.82 Å². The molecule has 2 nitrogen and oxygen atoms in total. The zero-order valence-corrected chi connectivity index (χ0v) is 28.3. The first-order valence-electron chi connectivity index (χ1n) is 17.8. The first kappa shape index (κ1) is 29.4. The lowest BCUT2D eigenvalue weighted by Crippen LogP contribution is -2.00. The van der Waals surface area contributed by atoms with Crippen molar-refractivity contribution in [1.82, 2.24) is 9.55 Å². The van der Waals surface area contributed by atoms with Gasteiger partial charge in [0.2, 0.25) is 0 Å². The lowest BCUT2D eigenvalue weighted by molar-refractivity contribution is 0.908. The van der Waals surface area contributed by atoms with Gasteiger partial charge >= 0.3 is 0 Å². The van der Waals surface area contributed by atoms with Crippen LogP contribution >= 0.6 is 0 Å². The summed E-state index contributed by atoms with van der Waals surface area (Å²) in [5, 5.41) is 10.0. The first-order chi connectivity index (χ1) is 25.3. The maximum atomic E-state index is 4.95. The van der Waals surface area contributed by atoms with Gasteiger partial charge in [-0.15, -0.1) is 0 Å². The van der Waals surface area contributed by atoms with Gasteiger partial charge in [0.15, 0.2) is 0 Å². The molecule has 0 bridgehead atoms. The molecule has 0 amide bonds. The summed E-state index contributed by atoms with van der Waals surface area (Å²) in [6.07, 6.45) is 0.859. The van der Waals surface area contributed by atoms with Gasteiger partial charge in [-0.25, -0.2) is 4.98 Å². The molecule has 0 aliphatic heterocycles. The van der Waals surface area contributed by atoms with Gasteiger partial charge in [-0.3, -0.25) is 4.57 Å². The lowest BCUT2D eigenvalue weighted by atomic mass is 9.83. The molecular formula is C49H34N2. The number of imidazole rings is 1. The number of nitrogens with zero attached hydrogens (tertiary/aromatic N) is 2. The van der Waals surface area contributed by atoms with Crippen molar-refractivity contribution in [1.29, 1.82) is 0 Å². The Labute approximate surface area is 296 Å². The molecule has 10 aromatic rings. The average molecular weight is 651 g/mol. The van der Waals surface area contributed by atoms with Crippen molar-refractivity contribution in [2.24, 2.45) is 0 Å². The fraction of sp³-hybridized carbons (Fsp3) is 0.0408. The Bertz CT molecular complexity index is 2940. The van der Waals surface area contributed by atoms with Crippen LogP contribution in [0, 0.1) is 0 Å². The number of benzene rings is 9. The number of para-hydroxylation sites is 2. The van der Waals surface area contributed by atoms with Crippen LogP contribution in [0.4, 0.5) is 0 Å². The van der Waals surface area contributed by atoms with E-state index in [1.54, 1.807) is 0 Å². The van der Waals surface area contributed by atoms with Crippen LogP contribution in [0.3, 0.4) is 0 Å². The molecular weight excluding hydrogens is 617 g/mol. The van der Waals surface area contributed by atoms with Gasteiger partial charge < -0.3 is 0 Å². The summed E-state index contributed by atoms with van der Waals surface area (Å²) in [7, 11) is 0. The van der Waals surface area contributed by atoms with Crippen LogP contribution in [0.15, 0.2) is 176 Å². The third kappa shape index (κ3) is 4.68. The highest BCUT2D eigenvalue weighted by atomic mass is 15.1. The van der Waals surface area contributed by atoms with Crippen LogP contribution in [-0.2, 0) is 6.42 Å². The molecule has 0 fully saturated rings. The Morgan fingerprint density at radius 3 is 1.71 bits per heavy atom. The molecule has 0 spiro atoms. The molecule has 0 saturated heterocycles. The van der Waals surface area contributed by atoms with Gasteiger partial charge in [-0.05, 0) is 107 Å². The van der Waals surface area contributed by atoms with Crippen molar-refractivity contribution in [2.75, 3.05) is 0 Å². The van der Waals surface area contributed by atoms with Crippen LogP contribution in [0.25, 0.3) is 93.2 Å². The van der Waals surface area contributed by atoms with Crippen LogP contribution < -0.4 is 0 Å². The second-order valence-corrected chi connectivity index (χ2v) is 13.4. The van der Waals surface area contributed by atoms with E-state index in [1.165, 1.54) is 76.5 Å². The second kappa shape index (κ2) is 11.8. The quantitative estimate of drug-likeness (QED) is 0.170. The van der Waals surface area contributed by atoms with Crippen LogP contribution in [-0.4, -0.2) is 9.55 Å². The summed E-state index contributed by atoms with van der Waals surface area (Å²) >= 11 is 0. The first-order valence-corrected chi connectivity index (χ1v) is 17.8. The minimum Gasteiger partial charge on any atom is -0.296 e. The van der Waals surface area contributed by atoms with Crippen LogP contribution in [0.2, 0.25) is 0 Å². The van der Waals surface area contributed by atoms with E-state index >= 15 is 0 Å². The molecule has 1 heterocycles. The zero-order chi connectivity index (χ0) is 33.9. The third-order valence-corrected chi connectivity index (χ3v) is 10.5. The van der Waals surface area contributed by atoms with Crippen molar-refractivity contribution in [3.8, 4) is 39.1 Å². The Balaban J connectivity index is 1.28. The Kier molecular flexibility index (Phi) is 6.82. The van der Waals surface area contributed by atoms with Crippen molar-refractivity contribution in [3.05, 3.63) is 182 Å². The second-order valence-electron chi connectivity index (χ2n) is 13.4. The topological polar surface area (TPSA) is 17.8 Å². The standard InChI is InChI=1S/C49H34N2/c1-2-47-50-45-23-9-10-24-46(45)51(47)36-28-25-34(26-29-36)48-41-19-7-8-20-42(41)49(40-22-12-16-33-14-4-6-18-38(33)40)43-30-27-35(31-44(43)48)39-21-11-15-32-13-3-5-17-37(32)39/h3-31H,2H2,1H3. The predicted molar refractivity (Wildman–Crippen MR) is 217 cm³/mol. The van der Waals surface area contributed by atoms with Crippen molar-refractivity contribution >= 4 is 54.1 Å². The van der Waals surface area contributed by atoms with Crippen molar-refractivity contribution in [2.45, 2.75) is 13.3 Å². The highest BCUT2D eigenvalue weighted by Crippen LogP contribution is 2.46. The van der Waals surface area contributed by atoms with Crippen LogP contribution in [0.5, 0.6) is 0 Å². The molecule has 2 heteroatoms. The number of rotatable bonds is 5. The monoisotopic (exact) mass is 650 g/mol. The van der Waals surface area contributed by atoms with E-state index in [4.69, 9.17) is 4.98 Å². The summed E-state index contributed by atoms with van der Waals surface area (Å²) in [5.41, 5.74) is 10.7. The molecule has 0 atom stereocenters. The largest absolute Gasteiger partial charge is 0.296 e. The molecule has 10 rings (SSSR count). The van der Waals surface area contributed by atoms with E-state index in [1.807, 2.05) is 0 Å². The normalized spacial score (nSPS) is 11.7. The maximum Gasteiger partial charge on any atom is 0.114 e. The molecule has 0 radical (unpaired) electrons. The molecule has 0 aliphatic carbocycles. The van der Waals surface area contributed by atoms with Gasteiger partial charge in [0.25, 0.3) is 0 Å². The molecule has 240 valence electrons.